The molecular weight excluding hydrogens is 1220 g/mol. The SMILES string of the molecule is Nc1ccc2cc(S(=O)(=O)O)cc(O)c2c1N=Nc1ccc(NS(=O)(=O)c2ccc3c(c2)-c2nc-3nc3[nH]c(nc4nc(nc5[nH]c(n2)c2cc(S(=O)(=O)O)ccc52)-c2cc(S(=O)(=O)O)ccc2-4)c2cc(S(=O)(=O)O)ccc32)cc1S(=O)(=O)O. The Morgan fingerprint density at radius 3 is 1.37 bits per heavy atom. The molecule has 0 unspecified atom stereocenters. The molecule has 30 nitrogen and oxygen atoms in total. The Bertz CT molecular complexity index is 5630. The van der Waals surface area contributed by atoms with Crippen LogP contribution in [0.3, 0.4) is 0 Å². The molecule has 5 heterocycles. The van der Waals surface area contributed by atoms with Crippen molar-refractivity contribution in [2.45, 2.75) is 29.4 Å². The molecule has 10 aromatic rings. The zero-order chi connectivity index (χ0) is 60.0. The third kappa shape index (κ3) is 9.85. The first kappa shape index (κ1) is 55.2. The van der Waals surface area contributed by atoms with Gasteiger partial charge in [0, 0.05) is 49.9 Å². The predicted molar refractivity (Wildman–Crippen MR) is 297 cm³/mol. The Morgan fingerprint density at radius 1 is 0.417 bits per heavy atom. The molecule has 0 aliphatic carbocycles. The molecule has 7 aromatic carbocycles. The second-order valence-corrected chi connectivity index (χ2v) is 27.1. The molecule has 0 atom stereocenters. The van der Waals surface area contributed by atoms with Crippen LogP contribution < -0.4 is 10.5 Å². The van der Waals surface area contributed by atoms with Gasteiger partial charge < -0.3 is 20.8 Å². The van der Waals surface area contributed by atoms with Crippen LogP contribution in [0.5, 0.6) is 5.75 Å². The highest BCUT2D eigenvalue weighted by atomic mass is 32.2. The van der Waals surface area contributed by atoms with Gasteiger partial charge in [0.15, 0.2) is 23.3 Å². The van der Waals surface area contributed by atoms with Gasteiger partial charge in [0.1, 0.15) is 44.6 Å². The number of aromatic nitrogens is 8. The number of aromatic hydroxyl groups is 1. The minimum absolute atomic E-state index is 0.00510. The summed E-state index contributed by atoms with van der Waals surface area (Å²) < 4.78 is 205. The molecule has 0 amide bonds. The van der Waals surface area contributed by atoms with E-state index < -0.39 is 107 Å². The third-order valence-electron chi connectivity index (χ3n) is 13.0. The third-order valence-corrected chi connectivity index (χ3v) is 18.7. The normalized spacial score (nSPS) is 13.2. The molecule has 11 N–H and O–H groups in total. The fourth-order valence-electron chi connectivity index (χ4n) is 9.21. The van der Waals surface area contributed by atoms with E-state index in [2.05, 4.69) is 44.9 Å². The molecule has 0 saturated carbocycles. The molecule has 0 radical (unpaired) electrons. The van der Waals surface area contributed by atoms with Crippen molar-refractivity contribution in [1.29, 1.82) is 0 Å². The quantitative estimate of drug-likeness (QED) is 0.0384. The summed E-state index contributed by atoms with van der Waals surface area (Å²) in [6.45, 7) is 0. The number of sulfonamides is 1. The Kier molecular flexibility index (Phi) is 12.4. The van der Waals surface area contributed by atoms with Gasteiger partial charge in [0.2, 0.25) is 0 Å². The van der Waals surface area contributed by atoms with Crippen molar-refractivity contribution in [3.05, 3.63) is 115 Å². The van der Waals surface area contributed by atoms with E-state index in [0.29, 0.717) is 12.1 Å². The molecule has 12 rings (SSSR count). The van der Waals surface area contributed by atoms with Crippen molar-refractivity contribution in [3.63, 3.8) is 0 Å². The second kappa shape index (κ2) is 18.8. The number of nitrogens with zero attached hydrogens (tertiary/aromatic N) is 8. The van der Waals surface area contributed by atoms with E-state index in [1.165, 1.54) is 36.4 Å². The van der Waals surface area contributed by atoms with Crippen molar-refractivity contribution in [3.8, 4) is 51.3 Å². The van der Waals surface area contributed by atoms with Crippen LogP contribution in [0, 0.1) is 0 Å². The summed E-state index contributed by atoms with van der Waals surface area (Å²) in [5.41, 5.74) is 4.23. The van der Waals surface area contributed by atoms with E-state index in [1.54, 1.807) is 0 Å². The summed E-state index contributed by atoms with van der Waals surface area (Å²) in [6.07, 6.45) is 0. The molecule has 426 valence electrons. The number of nitrogens with one attached hydrogen (secondary N) is 3. The van der Waals surface area contributed by atoms with Crippen LogP contribution in [0.4, 0.5) is 22.7 Å². The van der Waals surface area contributed by atoms with Gasteiger partial charge in [0.05, 0.1) is 41.2 Å². The van der Waals surface area contributed by atoms with Crippen molar-refractivity contribution >= 4 is 138 Å². The van der Waals surface area contributed by atoms with Crippen LogP contribution in [0.2, 0.25) is 0 Å². The van der Waals surface area contributed by atoms with Crippen LogP contribution in [0.25, 0.3) is 100 Å². The Morgan fingerprint density at radius 2 is 0.869 bits per heavy atom. The molecule has 84 heavy (non-hydrogen) atoms. The highest BCUT2D eigenvalue weighted by molar-refractivity contribution is 7.92. The number of nitrogen functional groups attached to an aromatic ring is 1. The topological polar surface area (TPSA) is 498 Å². The first-order chi connectivity index (χ1) is 39.3. The Hall–Kier alpha value is -9.34. The average molecular weight is 1260 g/mol. The van der Waals surface area contributed by atoms with Crippen molar-refractivity contribution in [2.75, 3.05) is 10.5 Å². The van der Waals surface area contributed by atoms with E-state index in [9.17, 15) is 78.4 Å². The summed E-state index contributed by atoms with van der Waals surface area (Å²) in [4.78, 5) is 29.9. The monoisotopic (exact) mass is 1250 g/mol. The summed E-state index contributed by atoms with van der Waals surface area (Å²) in [7, 11) is -29.4. The molecule has 8 bridgehead atoms. The number of nitrogens with two attached hydrogens (primary N) is 1. The second-order valence-electron chi connectivity index (χ2n) is 18.3. The summed E-state index contributed by atoms with van der Waals surface area (Å²) in [5.74, 6) is -1.60. The highest BCUT2D eigenvalue weighted by Gasteiger charge is 2.28. The van der Waals surface area contributed by atoms with E-state index in [-0.39, 0.29) is 112 Å². The van der Waals surface area contributed by atoms with Crippen LogP contribution in [0.15, 0.2) is 155 Å². The lowest BCUT2D eigenvalue weighted by Gasteiger charge is -2.11. The number of fused-ring (bicyclic) bond motifs is 21. The van der Waals surface area contributed by atoms with Gasteiger partial charge in [-0.25, -0.2) is 38.3 Å². The lowest BCUT2D eigenvalue weighted by molar-refractivity contribution is 0.471. The van der Waals surface area contributed by atoms with Gasteiger partial charge in [-0.1, -0.05) is 6.07 Å². The molecule has 0 spiro atoms. The van der Waals surface area contributed by atoms with Crippen LogP contribution in [0.1, 0.15) is 0 Å². The maximum atomic E-state index is 14.4. The molecule has 2 aliphatic heterocycles. The van der Waals surface area contributed by atoms with E-state index in [0.717, 1.165) is 66.7 Å². The number of phenolic OH excluding ortho intramolecular Hbond substituents is 1. The van der Waals surface area contributed by atoms with Gasteiger partial charge in [-0.2, -0.15) is 42.1 Å². The number of benzene rings is 7. The predicted octanol–water partition coefficient (Wildman–Crippen LogP) is 6.76. The van der Waals surface area contributed by atoms with Gasteiger partial charge in [-0.15, -0.1) is 10.2 Å². The number of aromatic amines is 2. The number of phenols is 1. The molecular formula is C48H30N12O18S6. The van der Waals surface area contributed by atoms with Gasteiger partial charge >= 0.3 is 0 Å². The van der Waals surface area contributed by atoms with Crippen LogP contribution in [-0.2, 0) is 60.6 Å². The number of hydrogen-bond donors (Lipinski definition) is 10. The van der Waals surface area contributed by atoms with Crippen molar-refractivity contribution in [2.24, 2.45) is 10.2 Å². The van der Waals surface area contributed by atoms with E-state index in [4.69, 9.17) is 15.7 Å². The number of anilines is 2. The lowest BCUT2D eigenvalue weighted by Crippen LogP contribution is -2.13. The van der Waals surface area contributed by atoms with Crippen LogP contribution in [-0.4, -0.2) is 118 Å². The van der Waals surface area contributed by atoms with E-state index in [1.807, 2.05) is 0 Å². The first-order valence-electron chi connectivity index (χ1n) is 23.2. The largest absolute Gasteiger partial charge is 0.507 e. The lowest BCUT2D eigenvalue weighted by atomic mass is 10.1. The maximum Gasteiger partial charge on any atom is 0.296 e. The smallest absolute Gasteiger partial charge is 0.296 e. The number of rotatable bonds is 10. The summed E-state index contributed by atoms with van der Waals surface area (Å²) >= 11 is 0. The molecule has 0 saturated heterocycles. The van der Waals surface area contributed by atoms with Crippen LogP contribution >= 0.6 is 0 Å². The Balaban J connectivity index is 1.03. The maximum absolute atomic E-state index is 14.4. The number of azo groups is 1. The van der Waals surface area contributed by atoms with Gasteiger partial charge in [-0.05, 0) is 109 Å². The average Bonchev–Trinajstić information content (AvgIpc) is 2.61. The fourth-order valence-corrected chi connectivity index (χ4v) is 13.0. The summed E-state index contributed by atoms with van der Waals surface area (Å²) in [6, 6.07) is 20.5. The zero-order valence-electron chi connectivity index (χ0n) is 41.2. The molecule has 2 aliphatic rings. The van der Waals surface area contributed by atoms with Gasteiger partial charge in [0.25, 0.3) is 60.6 Å². The Labute approximate surface area is 470 Å². The minimum atomic E-state index is -5.26. The molecule has 36 heteroatoms. The minimum Gasteiger partial charge on any atom is -0.507 e. The van der Waals surface area contributed by atoms with E-state index >= 15 is 0 Å². The van der Waals surface area contributed by atoms with Gasteiger partial charge in [-0.3, -0.25) is 27.5 Å². The first-order valence-corrected chi connectivity index (χ1v) is 31.9. The zero-order valence-corrected chi connectivity index (χ0v) is 46.1. The highest BCUT2D eigenvalue weighted by Crippen LogP contribution is 2.43. The number of hydrogen-bond acceptors (Lipinski definition) is 22. The van der Waals surface area contributed by atoms with Crippen molar-refractivity contribution in [1.82, 2.24) is 39.9 Å². The fraction of sp³-hybridized carbons (Fsp3) is 0. The standard InChI is InChI=1S/C48H30N12O18S6/c49-35-11-1-20-13-26(83(73,74)75)19-37(61)39(20)40(35)59-58-36-12-2-21(14-38(36)84(76,77)78)60-79(62,63)22-3-7-27-31(15-22)45-51-41(27)50-42-28-8-4-23(80(64,65)66)16-32(28)46(52-42)53-43-29-9-5-24(81(67,68)69)17-33(29)47(54-43)55-44-30-10-6-25(82(70,71)72)18-34(30)48(56-44)57-45/h1-19,60-61H,49H2,(H,64,65,66)(H,67,68,69)(H,70,71,72)(H,73,74,75)(H,76,77,78)(H2,50,51,52,53,54,55,56,57). The molecule has 3 aromatic heterocycles. The number of H-pyrrole nitrogens is 2. The summed E-state index contributed by atoms with van der Waals surface area (Å²) in [5, 5.41) is 18.7. The van der Waals surface area contributed by atoms with Crippen molar-refractivity contribution < 1.29 is 78.4 Å². The molecule has 0 fully saturated rings.